The first-order valence-corrected chi connectivity index (χ1v) is 9.66. The van der Waals surface area contributed by atoms with E-state index in [2.05, 4.69) is 25.7 Å². The van der Waals surface area contributed by atoms with Crippen LogP contribution in [0.15, 0.2) is 23.2 Å². The van der Waals surface area contributed by atoms with Crippen LogP contribution in [0.1, 0.15) is 39.7 Å². The van der Waals surface area contributed by atoms with Crippen molar-refractivity contribution in [2.45, 2.75) is 47.3 Å². The summed E-state index contributed by atoms with van der Waals surface area (Å²) < 4.78 is 35.7. The molecule has 0 spiro atoms. The highest BCUT2D eigenvalue weighted by Crippen LogP contribution is 2.26. The number of nitrogens with zero attached hydrogens (tertiary/aromatic N) is 1. The van der Waals surface area contributed by atoms with Gasteiger partial charge in [0.25, 0.3) is 0 Å². The molecule has 172 valence electrons. The third kappa shape index (κ3) is 9.77. The summed E-state index contributed by atoms with van der Waals surface area (Å²) in [5, 5.41) is 8.92. The highest BCUT2D eigenvalue weighted by molar-refractivity contribution is 14.0. The van der Waals surface area contributed by atoms with Crippen LogP contribution in [0, 0.1) is 5.41 Å². The molecule has 0 saturated heterocycles. The predicted molar refractivity (Wildman–Crippen MR) is 125 cm³/mol. The number of rotatable bonds is 11. The summed E-state index contributed by atoms with van der Waals surface area (Å²) in [6.07, 6.45) is 0.808. The van der Waals surface area contributed by atoms with Gasteiger partial charge in [-0.25, -0.2) is 0 Å². The van der Waals surface area contributed by atoms with Crippen LogP contribution in [-0.2, 0) is 11.3 Å². The Labute approximate surface area is 194 Å². The molecular weight excluding hydrogens is 509 g/mol. The summed E-state index contributed by atoms with van der Waals surface area (Å²) in [6.45, 7) is 6.12. The van der Waals surface area contributed by atoms with Gasteiger partial charge in [-0.15, -0.1) is 24.0 Å². The molecule has 7 nitrogen and oxygen atoms in total. The van der Waals surface area contributed by atoms with Crippen LogP contribution in [-0.4, -0.2) is 45.2 Å². The van der Waals surface area contributed by atoms with Crippen LogP contribution in [0.3, 0.4) is 0 Å². The Morgan fingerprint density at radius 1 is 1.20 bits per heavy atom. The molecule has 0 unspecified atom stereocenters. The molecule has 30 heavy (non-hydrogen) atoms. The zero-order chi connectivity index (χ0) is 21.9. The Morgan fingerprint density at radius 2 is 1.90 bits per heavy atom. The van der Waals surface area contributed by atoms with Gasteiger partial charge in [-0.2, -0.15) is 8.78 Å². The van der Waals surface area contributed by atoms with E-state index in [1.54, 1.807) is 19.2 Å². The van der Waals surface area contributed by atoms with Crippen LogP contribution in [0.2, 0.25) is 0 Å². The number of alkyl halides is 2. The third-order valence-corrected chi connectivity index (χ3v) is 4.05. The summed E-state index contributed by atoms with van der Waals surface area (Å²) in [6, 6.07) is 4.83. The minimum atomic E-state index is -2.94. The Kier molecular flexibility index (Phi) is 13.3. The summed E-state index contributed by atoms with van der Waals surface area (Å²) in [4.78, 5) is 16.2. The SMILES string of the molecule is CCCOc1ccc(CNC(=NC)NCC(C)(C)C(=O)NCC)c(OC(F)F)c1.I. The number of carbonyl (C=O) groups excluding carboxylic acids is 1. The van der Waals surface area contributed by atoms with Gasteiger partial charge in [-0.1, -0.05) is 6.92 Å². The topological polar surface area (TPSA) is 84.0 Å². The van der Waals surface area contributed by atoms with Gasteiger partial charge in [0.05, 0.1) is 12.0 Å². The molecule has 0 aliphatic carbocycles. The Balaban J connectivity index is 0.00000841. The lowest BCUT2D eigenvalue weighted by Crippen LogP contribution is -2.47. The minimum absolute atomic E-state index is 0. The van der Waals surface area contributed by atoms with Crippen molar-refractivity contribution in [3.05, 3.63) is 23.8 Å². The zero-order valence-electron chi connectivity index (χ0n) is 18.2. The molecule has 0 aromatic heterocycles. The number of aliphatic imine (C=N–C) groups is 1. The molecule has 3 N–H and O–H groups in total. The maximum atomic E-state index is 12.8. The lowest BCUT2D eigenvalue weighted by Gasteiger charge is -2.25. The summed E-state index contributed by atoms with van der Waals surface area (Å²) in [5.41, 5.74) is -0.115. The van der Waals surface area contributed by atoms with Crippen molar-refractivity contribution < 1.29 is 23.0 Å². The molecule has 0 bridgehead atoms. The van der Waals surface area contributed by atoms with Crippen molar-refractivity contribution in [3.63, 3.8) is 0 Å². The highest BCUT2D eigenvalue weighted by Gasteiger charge is 2.27. The number of halogens is 3. The Morgan fingerprint density at radius 3 is 2.47 bits per heavy atom. The maximum Gasteiger partial charge on any atom is 0.387 e. The van der Waals surface area contributed by atoms with Gasteiger partial charge in [0, 0.05) is 38.3 Å². The molecule has 0 heterocycles. The third-order valence-electron chi connectivity index (χ3n) is 4.05. The van der Waals surface area contributed by atoms with Crippen molar-refractivity contribution in [3.8, 4) is 11.5 Å². The molecular formula is C20H33F2IN4O3. The highest BCUT2D eigenvalue weighted by atomic mass is 127. The van der Waals surface area contributed by atoms with E-state index in [1.807, 2.05) is 27.7 Å². The van der Waals surface area contributed by atoms with Gasteiger partial charge in [0.15, 0.2) is 5.96 Å². The molecule has 1 rings (SSSR count). The van der Waals surface area contributed by atoms with Gasteiger partial charge in [-0.05, 0) is 39.3 Å². The van der Waals surface area contributed by atoms with E-state index in [9.17, 15) is 13.6 Å². The zero-order valence-corrected chi connectivity index (χ0v) is 20.5. The van der Waals surface area contributed by atoms with E-state index in [-0.39, 0.29) is 42.2 Å². The first kappa shape index (κ1) is 28.1. The van der Waals surface area contributed by atoms with E-state index in [4.69, 9.17) is 4.74 Å². The van der Waals surface area contributed by atoms with E-state index < -0.39 is 12.0 Å². The molecule has 0 aliphatic heterocycles. The fourth-order valence-corrected chi connectivity index (χ4v) is 2.38. The second-order valence-electron chi connectivity index (χ2n) is 7.02. The molecule has 10 heteroatoms. The van der Waals surface area contributed by atoms with Crippen molar-refractivity contribution in [1.82, 2.24) is 16.0 Å². The lowest BCUT2D eigenvalue weighted by atomic mass is 9.92. The smallest absolute Gasteiger partial charge is 0.387 e. The van der Waals surface area contributed by atoms with Crippen LogP contribution < -0.4 is 25.4 Å². The number of hydrogen-bond donors (Lipinski definition) is 3. The maximum absolute atomic E-state index is 12.8. The largest absolute Gasteiger partial charge is 0.493 e. The first-order valence-electron chi connectivity index (χ1n) is 9.66. The van der Waals surface area contributed by atoms with Gasteiger partial charge in [0.1, 0.15) is 11.5 Å². The average molecular weight is 542 g/mol. The number of ether oxygens (including phenoxy) is 2. The van der Waals surface area contributed by atoms with Crippen molar-refractivity contribution in [1.29, 1.82) is 0 Å². The van der Waals surface area contributed by atoms with Crippen molar-refractivity contribution >= 4 is 35.8 Å². The number of carbonyl (C=O) groups is 1. The normalized spacial score (nSPS) is 11.5. The molecule has 1 aromatic rings. The number of amides is 1. The predicted octanol–water partition coefficient (Wildman–Crippen LogP) is 3.52. The van der Waals surface area contributed by atoms with E-state index >= 15 is 0 Å². The Hall–Kier alpha value is -1.85. The Bertz CT molecular complexity index is 688. The van der Waals surface area contributed by atoms with E-state index in [0.29, 0.717) is 37.0 Å². The number of guanidine groups is 1. The molecule has 0 radical (unpaired) electrons. The quantitative estimate of drug-likeness (QED) is 0.227. The monoisotopic (exact) mass is 542 g/mol. The van der Waals surface area contributed by atoms with Gasteiger partial charge in [0.2, 0.25) is 5.91 Å². The number of nitrogens with one attached hydrogen (secondary N) is 3. The molecule has 0 fully saturated rings. The van der Waals surface area contributed by atoms with Crippen molar-refractivity contribution in [2.75, 3.05) is 26.7 Å². The summed E-state index contributed by atoms with van der Waals surface area (Å²) in [5.74, 6) is 0.881. The van der Waals surface area contributed by atoms with Crippen LogP contribution in [0.4, 0.5) is 8.78 Å². The molecule has 0 atom stereocenters. The second kappa shape index (κ2) is 14.2. The minimum Gasteiger partial charge on any atom is -0.493 e. The van der Waals surface area contributed by atoms with Gasteiger partial charge in [-0.3, -0.25) is 9.79 Å². The van der Waals surface area contributed by atoms with Crippen LogP contribution >= 0.6 is 24.0 Å². The van der Waals surface area contributed by atoms with E-state index in [0.717, 1.165) is 6.42 Å². The molecule has 0 saturated carbocycles. The van der Waals surface area contributed by atoms with Crippen molar-refractivity contribution in [2.24, 2.45) is 10.4 Å². The fourth-order valence-electron chi connectivity index (χ4n) is 2.38. The van der Waals surface area contributed by atoms with E-state index in [1.165, 1.54) is 6.07 Å². The van der Waals surface area contributed by atoms with Gasteiger partial charge < -0.3 is 25.4 Å². The standard InChI is InChI=1S/C20H32F2N4O3.HI/c1-6-10-28-15-9-8-14(16(11-15)29-18(21)22)12-25-19(23-5)26-13-20(3,4)17(27)24-7-2;/h8-9,11,18H,6-7,10,12-13H2,1-5H3,(H,24,27)(H2,23,25,26);1H. The second-order valence-corrected chi connectivity index (χ2v) is 7.02. The summed E-state index contributed by atoms with van der Waals surface area (Å²) >= 11 is 0. The average Bonchev–Trinajstić information content (AvgIpc) is 2.67. The summed E-state index contributed by atoms with van der Waals surface area (Å²) in [7, 11) is 1.59. The molecule has 0 aliphatic rings. The first-order chi connectivity index (χ1) is 13.7. The lowest BCUT2D eigenvalue weighted by molar-refractivity contribution is -0.128. The number of benzene rings is 1. The van der Waals surface area contributed by atoms with Crippen LogP contribution in [0.25, 0.3) is 0 Å². The fraction of sp³-hybridized carbons (Fsp3) is 0.600. The molecule has 1 amide bonds. The van der Waals surface area contributed by atoms with Crippen LogP contribution in [0.5, 0.6) is 11.5 Å². The molecule has 1 aromatic carbocycles. The van der Waals surface area contributed by atoms with Gasteiger partial charge >= 0.3 is 6.61 Å². The number of hydrogen-bond acceptors (Lipinski definition) is 4.